The monoisotopic (exact) mass is 199 g/mol. The van der Waals surface area contributed by atoms with Crippen LogP contribution in [-0.4, -0.2) is 33.2 Å². The number of rotatable bonds is 4. The van der Waals surface area contributed by atoms with Gasteiger partial charge in [0.1, 0.15) is 0 Å². The van der Waals surface area contributed by atoms with Gasteiger partial charge in [-0.1, -0.05) is 12.1 Å². The molecule has 6 nitrogen and oxygen atoms in total. The van der Waals surface area contributed by atoms with Gasteiger partial charge in [0, 0.05) is 0 Å². The van der Waals surface area contributed by atoms with Crippen LogP contribution in [0.4, 0.5) is 0 Å². The second-order valence-electron chi connectivity index (χ2n) is 2.78. The Balaban J connectivity index is 2.94. The van der Waals surface area contributed by atoms with E-state index in [2.05, 4.69) is 15.0 Å². The molecule has 78 valence electrons. The third-order valence-corrected chi connectivity index (χ3v) is 1.97. The third kappa shape index (κ3) is 1.90. The van der Waals surface area contributed by atoms with Crippen molar-refractivity contribution in [2.75, 3.05) is 7.11 Å². The van der Waals surface area contributed by atoms with Gasteiger partial charge in [0.05, 0.1) is 25.6 Å². The molecule has 0 saturated heterocycles. The van der Waals surface area contributed by atoms with Crippen LogP contribution in [0.5, 0.6) is 0 Å². The topological polar surface area (TPSA) is 77.2 Å². The quantitative estimate of drug-likeness (QED) is 0.685. The summed E-state index contributed by atoms with van der Waals surface area (Å²) >= 11 is 0. The standard InChI is InChI=1S/C8H13N3O3/c1-3-7(8(13)14-2)11-6(5-12)4-9-10-11/h4,7,12H,3,5H2,1-2H3/t7-/m1/s1. The van der Waals surface area contributed by atoms with Crippen molar-refractivity contribution in [3.63, 3.8) is 0 Å². The molecule has 0 saturated carbocycles. The Morgan fingerprint density at radius 2 is 2.50 bits per heavy atom. The zero-order valence-electron chi connectivity index (χ0n) is 8.17. The van der Waals surface area contributed by atoms with Crippen molar-refractivity contribution < 1.29 is 14.6 Å². The molecule has 6 heteroatoms. The Kier molecular flexibility index (Phi) is 3.58. The van der Waals surface area contributed by atoms with E-state index in [-0.39, 0.29) is 12.6 Å². The molecule has 0 aliphatic heterocycles. The molecule has 0 aliphatic carbocycles. The molecule has 1 rings (SSSR count). The van der Waals surface area contributed by atoms with Gasteiger partial charge in [-0.3, -0.25) is 0 Å². The van der Waals surface area contributed by atoms with E-state index in [4.69, 9.17) is 5.11 Å². The average Bonchev–Trinajstić information content (AvgIpc) is 2.66. The molecule has 1 N–H and O–H groups in total. The smallest absolute Gasteiger partial charge is 0.330 e. The minimum Gasteiger partial charge on any atom is -0.467 e. The molecule has 1 aromatic rings. The Bertz CT molecular complexity index is 311. The lowest BCUT2D eigenvalue weighted by Crippen LogP contribution is -2.23. The molecule has 0 aliphatic rings. The van der Waals surface area contributed by atoms with Crippen LogP contribution < -0.4 is 0 Å². The SMILES string of the molecule is CC[C@H](C(=O)OC)n1nncc1CO. The van der Waals surface area contributed by atoms with Gasteiger partial charge < -0.3 is 9.84 Å². The lowest BCUT2D eigenvalue weighted by atomic mass is 10.2. The molecule has 0 spiro atoms. The van der Waals surface area contributed by atoms with Gasteiger partial charge in [0.15, 0.2) is 6.04 Å². The first-order valence-electron chi connectivity index (χ1n) is 4.32. The Morgan fingerprint density at radius 1 is 1.79 bits per heavy atom. The van der Waals surface area contributed by atoms with Crippen molar-refractivity contribution in [3.05, 3.63) is 11.9 Å². The van der Waals surface area contributed by atoms with Crippen molar-refractivity contribution in [1.82, 2.24) is 15.0 Å². The summed E-state index contributed by atoms with van der Waals surface area (Å²) in [7, 11) is 1.32. The van der Waals surface area contributed by atoms with Crippen LogP contribution in [-0.2, 0) is 16.1 Å². The second-order valence-corrected chi connectivity index (χ2v) is 2.78. The highest BCUT2D eigenvalue weighted by molar-refractivity contribution is 5.73. The summed E-state index contributed by atoms with van der Waals surface area (Å²) in [4.78, 5) is 11.3. The summed E-state index contributed by atoms with van der Waals surface area (Å²) in [5.74, 6) is -0.382. The van der Waals surface area contributed by atoms with Crippen LogP contribution in [0.2, 0.25) is 0 Å². The van der Waals surface area contributed by atoms with E-state index in [0.29, 0.717) is 12.1 Å². The van der Waals surface area contributed by atoms with E-state index >= 15 is 0 Å². The zero-order chi connectivity index (χ0) is 10.6. The molecular weight excluding hydrogens is 186 g/mol. The van der Waals surface area contributed by atoms with Crippen molar-refractivity contribution in [2.24, 2.45) is 0 Å². The maximum atomic E-state index is 11.3. The molecule has 0 unspecified atom stereocenters. The van der Waals surface area contributed by atoms with E-state index in [1.807, 2.05) is 6.92 Å². The normalized spacial score (nSPS) is 12.5. The fourth-order valence-electron chi connectivity index (χ4n) is 1.22. The van der Waals surface area contributed by atoms with E-state index in [1.165, 1.54) is 18.0 Å². The molecule has 1 atom stereocenters. The number of hydrogen-bond acceptors (Lipinski definition) is 5. The number of carbonyl (C=O) groups is 1. The van der Waals surface area contributed by atoms with Gasteiger partial charge in [0.2, 0.25) is 0 Å². The van der Waals surface area contributed by atoms with Gasteiger partial charge in [-0.2, -0.15) is 0 Å². The number of nitrogens with zero attached hydrogens (tertiary/aromatic N) is 3. The second kappa shape index (κ2) is 4.71. The summed E-state index contributed by atoms with van der Waals surface area (Å²) < 4.78 is 6.00. The molecule has 0 fully saturated rings. The Hall–Kier alpha value is -1.43. The highest BCUT2D eigenvalue weighted by Gasteiger charge is 2.22. The summed E-state index contributed by atoms with van der Waals surface area (Å²) in [5, 5.41) is 16.3. The number of aliphatic hydroxyl groups is 1. The molecule has 14 heavy (non-hydrogen) atoms. The molecule has 0 bridgehead atoms. The van der Waals surface area contributed by atoms with Gasteiger partial charge in [-0.25, -0.2) is 9.48 Å². The van der Waals surface area contributed by atoms with Gasteiger partial charge >= 0.3 is 5.97 Å². The van der Waals surface area contributed by atoms with Crippen LogP contribution in [0.25, 0.3) is 0 Å². The van der Waals surface area contributed by atoms with Crippen LogP contribution in [0, 0.1) is 0 Å². The van der Waals surface area contributed by atoms with Crippen molar-refractivity contribution in [3.8, 4) is 0 Å². The Labute approximate surface area is 81.5 Å². The summed E-state index contributed by atoms with van der Waals surface area (Å²) in [5.41, 5.74) is 0.502. The number of esters is 1. The molecule has 1 aromatic heterocycles. The van der Waals surface area contributed by atoms with Gasteiger partial charge in [-0.15, -0.1) is 5.10 Å². The van der Waals surface area contributed by atoms with Crippen LogP contribution in [0.1, 0.15) is 25.1 Å². The maximum Gasteiger partial charge on any atom is 0.330 e. The van der Waals surface area contributed by atoms with Gasteiger partial charge in [0.25, 0.3) is 0 Å². The predicted molar refractivity (Wildman–Crippen MR) is 47.3 cm³/mol. The predicted octanol–water partition coefficient (Wildman–Crippen LogP) is -0.106. The number of carbonyl (C=O) groups excluding carboxylic acids is 1. The summed E-state index contributed by atoms with van der Waals surface area (Å²) in [6.07, 6.45) is 1.97. The maximum absolute atomic E-state index is 11.3. The first-order valence-corrected chi connectivity index (χ1v) is 4.32. The summed E-state index contributed by atoms with van der Waals surface area (Å²) in [6.45, 7) is 1.64. The fraction of sp³-hybridized carbons (Fsp3) is 0.625. The number of hydrogen-bond donors (Lipinski definition) is 1. The third-order valence-electron chi connectivity index (χ3n) is 1.97. The van der Waals surface area contributed by atoms with Crippen molar-refractivity contribution in [2.45, 2.75) is 26.0 Å². The van der Waals surface area contributed by atoms with E-state index in [9.17, 15) is 4.79 Å². The van der Waals surface area contributed by atoms with E-state index in [0.717, 1.165) is 0 Å². The first-order chi connectivity index (χ1) is 6.74. The molecule has 0 aromatic carbocycles. The highest BCUT2D eigenvalue weighted by atomic mass is 16.5. The number of ether oxygens (including phenoxy) is 1. The van der Waals surface area contributed by atoms with E-state index < -0.39 is 6.04 Å². The summed E-state index contributed by atoms with van der Waals surface area (Å²) in [6, 6.07) is -0.510. The lowest BCUT2D eigenvalue weighted by Gasteiger charge is -2.13. The lowest BCUT2D eigenvalue weighted by molar-refractivity contribution is -0.145. The zero-order valence-corrected chi connectivity index (χ0v) is 8.17. The number of aliphatic hydroxyl groups excluding tert-OH is 1. The first kappa shape index (κ1) is 10.6. The Morgan fingerprint density at radius 3 is 3.00 bits per heavy atom. The highest BCUT2D eigenvalue weighted by Crippen LogP contribution is 2.13. The fourth-order valence-corrected chi connectivity index (χ4v) is 1.22. The van der Waals surface area contributed by atoms with Crippen LogP contribution >= 0.6 is 0 Å². The molecule has 1 heterocycles. The van der Waals surface area contributed by atoms with Crippen LogP contribution in [0.3, 0.4) is 0 Å². The van der Waals surface area contributed by atoms with Gasteiger partial charge in [-0.05, 0) is 6.42 Å². The minimum atomic E-state index is -0.510. The average molecular weight is 199 g/mol. The number of aromatic nitrogens is 3. The van der Waals surface area contributed by atoms with E-state index in [1.54, 1.807) is 0 Å². The number of methoxy groups -OCH3 is 1. The van der Waals surface area contributed by atoms with Crippen LogP contribution in [0.15, 0.2) is 6.20 Å². The largest absolute Gasteiger partial charge is 0.467 e. The minimum absolute atomic E-state index is 0.194. The van der Waals surface area contributed by atoms with Crippen molar-refractivity contribution >= 4 is 5.97 Å². The molecular formula is C8H13N3O3. The van der Waals surface area contributed by atoms with Crippen molar-refractivity contribution in [1.29, 1.82) is 0 Å². The molecule has 0 radical (unpaired) electrons. The molecule has 0 amide bonds.